The zero-order valence-electron chi connectivity index (χ0n) is 24.0. The highest BCUT2D eigenvalue weighted by Crippen LogP contribution is 2.31. The van der Waals surface area contributed by atoms with Crippen molar-refractivity contribution >= 4 is 11.8 Å². The van der Waals surface area contributed by atoms with Crippen molar-refractivity contribution in [1.82, 2.24) is 19.7 Å². The first-order valence-electron chi connectivity index (χ1n) is 15.1. The molecule has 0 radical (unpaired) electrons. The molecule has 0 N–H and O–H groups in total. The van der Waals surface area contributed by atoms with Gasteiger partial charge in [-0.05, 0) is 59.9 Å². The maximum absolute atomic E-state index is 13.7. The number of carbonyl (C=O) groups is 2. The summed E-state index contributed by atoms with van der Waals surface area (Å²) in [7, 11) is 1.82. The number of ether oxygens (including phenoxy) is 1. The molecule has 3 heterocycles. The SMILES string of the molecule is CN1CCN(C(=O)C2CN(C3CCCCC3)C2)CCOc2ccc(-c3cccnc3)cc2Cc2cccc(c2)C1=O. The first kappa shape index (κ1) is 27.5. The lowest BCUT2D eigenvalue weighted by Crippen LogP contribution is -2.58. The van der Waals surface area contributed by atoms with E-state index in [2.05, 4.69) is 28.1 Å². The molecular formula is C34H40N4O3. The summed E-state index contributed by atoms with van der Waals surface area (Å²) in [5.41, 5.74) is 4.87. The van der Waals surface area contributed by atoms with Crippen molar-refractivity contribution in [3.63, 3.8) is 0 Å². The second-order valence-electron chi connectivity index (χ2n) is 11.8. The molecule has 2 aliphatic heterocycles. The first-order valence-corrected chi connectivity index (χ1v) is 15.1. The Morgan fingerprint density at radius 1 is 0.902 bits per heavy atom. The van der Waals surface area contributed by atoms with Crippen molar-refractivity contribution in [1.29, 1.82) is 0 Å². The number of aromatic nitrogens is 1. The van der Waals surface area contributed by atoms with Crippen LogP contribution in [-0.2, 0) is 11.2 Å². The van der Waals surface area contributed by atoms with Crippen LogP contribution in [0, 0.1) is 5.92 Å². The molecule has 41 heavy (non-hydrogen) atoms. The van der Waals surface area contributed by atoms with Gasteiger partial charge in [0.05, 0.1) is 12.5 Å². The number of hydrogen-bond donors (Lipinski definition) is 0. The first-order chi connectivity index (χ1) is 20.0. The number of carbonyl (C=O) groups excluding carboxylic acids is 2. The molecule has 214 valence electrons. The average Bonchev–Trinajstić information content (AvgIpc) is 2.99. The Kier molecular flexibility index (Phi) is 8.33. The second kappa shape index (κ2) is 12.4. The fourth-order valence-corrected chi connectivity index (χ4v) is 6.47. The third-order valence-corrected chi connectivity index (χ3v) is 8.96. The van der Waals surface area contributed by atoms with E-state index >= 15 is 0 Å². The van der Waals surface area contributed by atoms with Gasteiger partial charge in [0.1, 0.15) is 12.4 Å². The number of likely N-dealkylation sites (tertiary alicyclic amines) is 1. The lowest BCUT2D eigenvalue weighted by molar-refractivity contribution is -0.143. The van der Waals surface area contributed by atoms with Crippen molar-refractivity contribution in [2.24, 2.45) is 5.92 Å². The second-order valence-corrected chi connectivity index (χ2v) is 11.8. The van der Waals surface area contributed by atoms with Gasteiger partial charge in [0.25, 0.3) is 5.91 Å². The summed E-state index contributed by atoms with van der Waals surface area (Å²) < 4.78 is 6.37. The maximum Gasteiger partial charge on any atom is 0.253 e. The van der Waals surface area contributed by atoms with Crippen LogP contribution in [0.25, 0.3) is 11.1 Å². The molecule has 3 aromatic rings. The summed E-state index contributed by atoms with van der Waals surface area (Å²) in [6.45, 7) is 3.58. The highest BCUT2D eigenvalue weighted by molar-refractivity contribution is 5.94. The lowest BCUT2D eigenvalue weighted by Gasteiger charge is -2.46. The summed E-state index contributed by atoms with van der Waals surface area (Å²) in [5.74, 6) is 0.998. The smallest absolute Gasteiger partial charge is 0.253 e. The molecule has 2 amide bonds. The zero-order valence-corrected chi connectivity index (χ0v) is 24.0. The quantitative estimate of drug-likeness (QED) is 0.463. The Morgan fingerprint density at radius 3 is 2.54 bits per heavy atom. The van der Waals surface area contributed by atoms with E-state index in [1.54, 1.807) is 11.1 Å². The van der Waals surface area contributed by atoms with Gasteiger partial charge in [0, 0.05) is 69.2 Å². The highest BCUT2D eigenvalue weighted by atomic mass is 16.5. The van der Waals surface area contributed by atoms with Crippen LogP contribution in [0.1, 0.15) is 53.6 Å². The number of benzene rings is 2. The van der Waals surface area contributed by atoms with E-state index in [-0.39, 0.29) is 17.7 Å². The zero-order chi connectivity index (χ0) is 28.2. The van der Waals surface area contributed by atoms with E-state index in [0.29, 0.717) is 44.3 Å². The van der Waals surface area contributed by atoms with E-state index in [9.17, 15) is 9.59 Å². The van der Waals surface area contributed by atoms with Crippen LogP contribution < -0.4 is 4.74 Å². The minimum absolute atomic E-state index is 0.0241. The molecular weight excluding hydrogens is 512 g/mol. The number of likely N-dealkylation sites (N-methyl/N-ethyl adjacent to an activating group) is 1. The fraction of sp³-hybridized carbons (Fsp3) is 0.441. The molecule has 0 spiro atoms. The Bertz CT molecular complexity index is 1370. The van der Waals surface area contributed by atoms with Crippen LogP contribution in [0.2, 0.25) is 0 Å². The Hall–Kier alpha value is -3.71. The van der Waals surface area contributed by atoms with Gasteiger partial charge in [-0.25, -0.2) is 0 Å². The highest BCUT2D eigenvalue weighted by Gasteiger charge is 2.39. The van der Waals surface area contributed by atoms with Gasteiger partial charge in [0.15, 0.2) is 0 Å². The predicted octanol–water partition coefficient (Wildman–Crippen LogP) is 4.90. The van der Waals surface area contributed by atoms with E-state index in [1.807, 2.05) is 54.5 Å². The number of nitrogens with zero attached hydrogens (tertiary/aromatic N) is 4. The summed E-state index contributed by atoms with van der Waals surface area (Å²) in [6, 6.07) is 18.7. The molecule has 3 aliphatic rings. The Labute approximate surface area is 243 Å². The van der Waals surface area contributed by atoms with Crippen molar-refractivity contribution in [3.8, 4) is 16.9 Å². The third-order valence-electron chi connectivity index (χ3n) is 8.96. The van der Waals surface area contributed by atoms with Crippen LogP contribution in [-0.4, -0.2) is 83.9 Å². The molecule has 1 aromatic heterocycles. The van der Waals surface area contributed by atoms with Gasteiger partial charge in [-0.15, -0.1) is 0 Å². The number of pyridine rings is 1. The predicted molar refractivity (Wildman–Crippen MR) is 160 cm³/mol. The largest absolute Gasteiger partial charge is 0.491 e. The molecule has 6 rings (SSSR count). The monoisotopic (exact) mass is 552 g/mol. The number of fused-ring (bicyclic) bond motifs is 3. The topological polar surface area (TPSA) is 66.0 Å². The molecule has 1 aliphatic carbocycles. The minimum atomic E-state index is -0.0241. The normalized spacial score (nSPS) is 19.6. The Morgan fingerprint density at radius 2 is 1.73 bits per heavy atom. The van der Waals surface area contributed by atoms with E-state index in [4.69, 9.17) is 4.74 Å². The third kappa shape index (κ3) is 6.30. The van der Waals surface area contributed by atoms with Gasteiger partial charge >= 0.3 is 0 Å². The van der Waals surface area contributed by atoms with E-state index < -0.39 is 0 Å². The van der Waals surface area contributed by atoms with E-state index in [0.717, 1.165) is 41.1 Å². The fourth-order valence-electron chi connectivity index (χ4n) is 6.47. The molecule has 2 fully saturated rings. The number of rotatable bonds is 3. The summed E-state index contributed by atoms with van der Waals surface area (Å²) in [4.78, 5) is 37.4. The van der Waals surface area contributed by atoms with Gasteiger partial charge in [-0.2, -0.15) is 0 Å². The van der Waals surface area contributed by atoms with Gasteiger partial charge in [-0.1, -0.05) is 43.5 Å². The van der Waals surface area contributed by atoms with Crippen molar-refractivity contribution in [2.45, 2.75) is 44.6 Å². The number of hydrogen-bond acceptors (Lipinski definition) is 5. The maximum atomic E-state index is 13.7. The van der Waals surface area contributed by atoms with Crippen molar-refractivity contribution in [3.05, 3.63) is 83.7 Å². The van der Waals surface area contributed by atoms with Gasteiger partial charge in [0.2, 0.25) is 5.91 Å². The Balaban J connectivity index is 1.23. The molecule has 2 aromatic carbocycles. The standard InChI is InChI=1S/C34H40N4O3/c1-36-15-16-37(34(40)30-23-38(24-30)31-10-3-2-4-11-31)17-18-41-32-13-12-26(28-9-6-14-35-22-28)21-29(32)20-25-7-5-8-27(19-25)33(36)39/h5-9,12-14,19,21-22,30-31H,2-4,10-11,15-18,20,23-24H2,1H3. The summed E-state index contributed by atoms with van der Waals surface area (Å²) >= 11 is 0. The summed E-state index contributed by atoms with van der Waals surface area (Å²) in [6.07, 6.45) is 10.7. The molecule has 7 heteroatoms. The molecule has 2 bridgehead atoms. The van der Waals surface area contributed by atoms with Gasteiger partial charge < -0.3 is 14.5 Å². The van der Waals surface area contributed by atoms with Gasteiger partial charge in [-0.3, -0.25) is 19.5 Å². The molecule has 0 atom stereocenters. The van der Waals surface area contributed by atoms with Crippen LogP contribution in [0.5, 0.6) is 5.75 Å². The van der Waals surface area contributed by atoms with E-state index in [1.165, 1.54) is 32.1 Å². The molecule has 7 nitrogen and oxygen atoms in total. The molecule has 0 unspecified atom stereocenters. The van der Waals surface area contributed by atoms with Crippen LogP contribution in [0.3, 0.4) is 0 Å². The van der Waals surface area contributed by atoms with Crippen molar-refractivity contribution < 1.29 is 14.3 Å². The minimum Gasteiger partial charge on any atom is -0.491 e. The van der Waals surface area contributed by atoms with Crippen LogP contribution in [0.15, 0.2) is 67.0 Å². The lowest BCUT2D eigenvalue weighted by atomic mass is 9.88. The molecule has 1 saturated heterocycles. The molecule has 1 saturated carbocycles. The van der Waals surface area contributed by atoms with Crippen molar-refractivity contribution in [2.75, 3.05) is 46.4 Å². The number of amides is 2. The summed E-state index contributed by atoms with van der Waals surface area (Å²) in [5, 5.41) is 0. The average molecular weight is 553 g/mol. The van der Waals surface area contributed by atoms with Crippen LogP contribution in [0.4, 0.5) is 0 Å². The van der Waals surface area contributed by atoms with Crippen LogP contribution >= 0.6 is 0 Å².